The third kappa shape index (κ3) is 4.09. The highest BCUT2D eigenvalue weighted by molar-refractivity contribution is 5.92. The topological polar surface area (TPSA) is 105 Å². The Morgan fingerprint density at radius 2 is 1.88 bits per heavy atom. The van der Waals surface area contributed by atoms with Crippen LogP contribution in [-0.4, -0.2) is 30.2 Å². The van der Waals surface area contributed by atoms with Crippen LogP contribution in [0.5, 0.6) is 11.5 Å². The maximum Gasteiger partial charge on any atom is 0.320 e. The monoisotopic (exact) mass is 346 g/mol. The molecular weight excluding hydrogens is 324 g/mol. The van der Waals surface area contributed by atoms with Crippen LogP contribution in [0.1, 0.15) is 25.2 Å². The molecule has 0 radical (unpaired) electrons. The van der Waals surface area contributed by atoms with Crippen molar-refractivity contribution in [3.8, 4) is 11.5 Å². The third-order valence-electron chi connectivity index (χ3n) is 3.70. The molecule has 0 spiro atoms. The van der Waals surface area contributed by atoms with Crippen molar-refractivity contribution >= 4 is 11.7 Å². The van der Waals surface area contributed by atoms with Crippen LogP contribution >= 0.6 is 0 Å². The number of carbonyl (C=O) groups is 1. The minimum Gasteiger partial charge on any atom is -0.495 e. The van der Waals surface area contributed by atoms with Crippen molar-refractivity contribution in [3.63, 3.8) is 0 Å². The summed E-state index contributed by atoms with van der Waals surface area (Å²) in [4.78, 5) is 31.0. The van der Waals surface area contributed by atoms with E-state index in [-0.39, 0.29) is 5.75 Å². The van der Waals surface area contributed by atoms with E-state index >= 15 is 0 Å². The van der Waals surface area contributed by atoms with Gasteiger partial charge in [-0.1, -0.05) is 12.1 Å². The Labute approximate surface area is 145 Å². The molecule has 134 valence electrons. The smallest absolute Gasteiger partial charge is 0.320 e. The molecule has 0 unspecified atom stereocenters. The second kappa shape index (κ2) is 7.25. The lowest BCUT2D eigenvalue weighted by atomic mass is 10.1. The predicted molar refractivity (Wildman–Crippen MR) is 94.3 cm³/mol. The first kappa shape index (κ1) is 18.3. The minimum absolute atomic E-state index is 0.105. The van der Waals surface area contributed by atoms with Gasteiger partial charge in [0.15, 0.2) is 0 Å². The van der Waals surface area contributed by atoms with Gasteiger partial charge in [0.1, 0.15) is 11.6 Å². The van der Waals surface area contributed by atoms with Crippen LogP contribution in [0.2, 0.25) is 0 Å². The molecule has 3 N–H and O–H groups in total. The summed E-state index contributed by atoms with van der Waals surface area (Å²) >= 11 is 0. The predicted octanol–water partition coefficient (Wildman–Crippen LogP) is 2.15. The summed E-state index contributed by atoms with van der Waals surface area (Å²) in [6.07, 6.45) is 1.32. The van der Waals surface area contributed by atoms with Gasteiger partial charge in [-0.25, -0.2) is 9.78 Å². The molecule has 2 rings (SSSR count). The minimum atomic E-state index is -0.911. The fourth-order valence-electron chi connectivity index (χ4n) is 2.31. The molecule has 2 aromatic rings. The van der Waals surface area contributed by atoms with Crippen molar-refractivity contribution in [1.82, 2.24) is 15.3 Å². The Balaban J connectivity index is 2.19. The van der Waals surface area contributed by atoms with Gasteiger partial charge in [0.05, 0.1) is 31.6 Å². The maximum atomic E-state index is 12.4. The zero-order valence-electron chi connectivity index (χ0n) is 14.9. The number of hydrogen-bond acceptors (Lipinski definition) is 5. The molecule has 8 nitrogen and oxygen atoms in total. The lowest BCUT2D eigenvalue weighted by molar-refractivity contribution is 0.240. The van der Waals surface area contributed by atoms with Gasteiger partial charge in [-0.05, 0) is 32.4 Å². The average molecular weight is 346 g/mol. The molecule has 25 heavy (non-hydrogen) atoms. The summed E-state index contributed by atoms with van der Waals surface area (Å²) in [5.74, 6) is 0.975. The van der Waals surface area contributed by atoms with Crippen molar-refractivity contribution in [1.29, 1.82) is 0 Å². The number of H-pyrrole nitrogens is 1. The van der Waals surface area contributed by atoms with Gasteiger partial charge in [-0.3, -0.25) is 4.79 Å². The highest BCUT2D eigenvalue weighted by atomic mass is 16.5. The van der Waals surface area contributed by atoms with Crippen LogP contribution in [-0.2, 0) is 5.54 Å². The molecule has 1 aromatic heterocycles. The van der Waals surface area contributed by atoms with Crippen LogP contribution in [0.25, 0.3) is 0 Å². The normalized spacial score (nSPS) is 10.9. The summed E-state index contributed by atoms with van der Waals surface area (Å²) in [6.45, 7) is 5.32. The van der Waals surface area contributed by atoms with Crippen LogP contribution in [0, 0.1) is 6.92 Å². The number of methoxy groups -OCH3 is 2. The van der Waals surface area contributed by atoms with E-state index in [1.807, 2.05) is 19.1 Å². The summed E-state index contributed by atoms with van der Waals surface area (Å²) in [5.41, 5.74) is 0.118. The highest BCUT2D eigenvalue weighted by Crippen LogP contribution is 2.27. The van der Waals surface area contributed by atoms with Crippen LogP contribution in [0.15, 0.2) is 29.2 Å². The number of carbonyl (C=O) groups excluding carboxylic acids is 1. The van der Waals surface area contributed by atoms with E-state index in [2.05, 4.69) is 20.6 Å². The van der Waals surface area contributed by atoms with Gasteiger partial charge in [-0.15, -0.1) is 0 Å². The molecule has 0 bridgehead atoms. The number of aromatic amines is 1. The van der Waals surface area contributed by atoms with Gasteiger partial charge in [0.25, 0.3) is 5.56 Å². The number of nitrogens with zero attached hydrogens (tertiary/aromatic N) is 1. The lowest BCUT2D eigenvalue weighted by Gasteiger charge is -2.25. The lowest BCUT2D eigenvalue weighted by Crippen LogP contribution is -2.45. The first-order valence-electron chi connectivity index (χ1n) is 7.65. The second-order valence-electron chi connectivity index (χ2n) is 5.99. The van der Waals surface area contributed by atoms with E-state index in [1.54, 1.807) is 19.9 Å². The number of benzene rings is 1. The zero-order chi connectivity index (χ0) is 18.6. The SMILES string of the molecule is COc1cccc(C)c1NC(=O)NC(C)(C)c1ncc(OC)c(=O)[nH]1. The summed E-state index contributed by atoms with van der Waals surface area (Å²) in [6, 6.07) is 5.02. The number of anilines is 1. The molecule has 1 aromatic carbocycles. The number of rotatable bonds is 5. The summed E-state index contributed by atoms with van der Waals surface area (Å²) in [7, 11) is 2.92. The molecular formula is C17H22N4O4. The van der Waals surface area contributed by atoms with Gasteiger partial charge < -0.3 is 25.1 Å². The number of aromatic nitrogens is 2. The standard InChI is InChI=1S/C17H22N4O4/c1-10-7-6-8-11(24-4)13(10)19-16(23)21-17(2,3)15-18-9-12(25-5)14(22)20-15/h6-9H,1-5H3,(H,18,20,22)(H2,19,21,23). The van der Waals surface area contributed by atoms with E-state index in [0.29, 0.717) is 17.3 Å². The van der Waals surface area contributed by atoms with Crippen molar-refractivity contribution < 1.29 is 14.3 Å². The number of urea groups is 1. The number of nitrogens with one attached hydrogen (secondary N) is 3. The molecule has 8 heteroatoms. The van der Waals surface area contributed by atoms with Gasteiger partial charge in [0.2, 0.25) is 5.75 Å². The number of para-hydroxylation sites is 1. The Morgan fingerprint density at radius 3 is 2.48 bits per heavy atom. The molecule has 2 amide bonds. The molecule has 1 heterocycles. The highest BCUT2D eigenvalue weighted by Gasteiger charge is 2.26. The number of hydrogen-bond donors (Lipinski definition) is 3. The second-order valence-corrected chi connectivity index (χ2v) is 5.99. The molecule has 0 aliphatic rings. The number of aryl methyl sites for hydroxylation is 1. The Hall–Kier alpha value is -3.03. The summed E-state index contributed by atoms with van der Waals surface area (Å²) < 4.78 is 10.2. The van der Waals surface area contributed by atoms with E-state index in [4.69, 9.17) is 9.47 Å². The third-order valence-corrected chi connectivity index (χ3v) is 3.70. The maximum absolute atomic E-state index is 12.4. The Morgan fingerprint density at radius 1 is 1.20 bits per heavy atom. The number of ether oxygens (including phenoxy) is 2. The first-order valence-corrected chi connectivity index (χ1v) is 7.65. The molecule has 0 aliphatic heterocycles. The van der Waals surface area contributed by atoms with Crippen LogP contribution in [0.3, 0.4) is 0 Å². The fourth-order valence-corrected chi connectivity index (χ4v) is 2.31. The average Bonchev–Trinajstić information content (AvgIpc) is 2.56. The molecule has 0 aliphatic carbocycles. The van der Waals surface area contributed by atoms with Crippen LogP contribution in [0.4, 0.5) is 10.5 Å². The molecule has 0 saturated heterocycles. The van der Waals surface area contributed by atoms with E-state index < -0.39 is 17.1 Å². The van der Waals surface area contributed by atoms with E-state index in [1.165, 1.54) is 20.4 Å². The van der Waals surface area contributed by atoms with Crippen LogP contribution < -0.4 is 25.7 Å². The quantitative estimate of drug-likeness (QED) is 0.769. The first-order chi connectivity index (χ1) is 11.8. The molecule has 0 atom stereocenters. The van der Waals surface area contributed by atoms with Crippen molar-refractivity contribution in [3.05, 3.63) is 46.1 Å². The van der Waals surface area contributed by atoms with Gasteiger partial charge in [-0.2, -0.15) is 0 Å². The molecule has 0 saturated carbocycles. The Kier molecular flexibility index (Phi) is 5.31. The van der Waals surface area contributed by atoms with Crippen molar-refractivity contribution in [2.24, 2.45) is 0 Å². The number of amides is 2. The van der Waals surface area contributed by atoms with E-state index in [0.717, 1.165) is 5.56 Å². The Bertz CT molecular complexity index is 830. The van der Waals surface area contributed by atoms with Crippen molar-refractivity contribution in [2.75, 3.05) is 19.5 Å². The summed E-state index contributed by atoms with van der Waals surface area (Å²) in [5, 5.41) is 5.56. The zero-order valence-corrected chi connectivity index (χ0v) is 14.9. The van der Waals surface area contributed by atoms with Gasteiger partial charge in [0, 0.05) is 0 Å². The largest absolute Gasteiger partial charge is 0.495 e. The molecule has 0 fully saturated rings. The van der Waals surface area contributed by atoms with Gasteiger partial charge >= 0.3 is 6.03 Å². The fraction of sp³-hybridized carbons (Fsp3) is 0.353. The van der Waals surface area contributed by atoms with E-state index in [9.17, 15) is 9.59 Å². The van der Waals surface area contributed by atoms with Crippen molar-refractivity contribution in [2.45, 2.75) is 26.3 Å².